The molecule has 0 spiro atoms. The number of hydrogen-bond acceptors (Lipinski definition) is 3. The molecule has 5 nitrogen and oxygen atoms in total. The fourth-order valence-electron chi connectivity index (χ4n) is 1.70. The van der Waals surface area contributed by atoms with E-state index >= 15 is 0 Å². The summed E-state index contributed by atoms with van der Waals surface area (Å²) in [4.78, 5) is 25.8. The lowest BCUT2D eigenvalue weighted by atomic mass is 10.1. The number of amides is 1. The van der Waals surface area contributed by atoms with Crippen molar-refractivity contribution >= 4 is 23.1 Å². The SMILES string of the molecule is NC(=S)c1cccc(CNC(=O)c2cc[nH]c(=O)c2)c1. The lowest BCUT2D eigenvalue weighted by Gasteiger charge is -2.06. The van der Waals surface area contributed by atoms with Gasteiger partial charge in [-0.05, 0) is 17.7 Å². The van der Waals surface area contributed by atoms with Crippen molar-refractivity contribution in [1.29, 1.82) is 0 Å². The van der Waals surface area contributed by atoms with Gasteiger partial charge in [0, 0.05) is 29.9 Å². The average molecular weight is 287 g/mol. The molecule has 1 aromatic heterocycles. The van der Waals surface area contributed by atoms with E-state index in [0.717, 1.165) is 11.1 Å². The second kappa shape index (κ2) is 6.12. The van der Waals surface area contributed by atoms with Crippen molar-refractivity contribution in [3.8, 4) is 0 Å². The molecule has 20 heavy (non-hydrogen) atoms. The zero-order valence-corrected chi connectivity index (χ0v) is 11.4. The smallest absolute Gasteiger partial charge is 0.251 e. The molecular formula is C14H13N3O2S. The van der Waals surface area contributed by atoms with Crippen LogP contribution < -0.4 is 16.6 Å². The molecule has 2 aromatic rings. The molecule has 1 heterocycles. The molecule has 0 radical (unpaired) electrons. The number of thiocarbonyl (C=S) groups is 1. The Hall–Kier alpha value is -2.47. The van der Waals surface area contributed by atoms with Crippen LogP contribution in [0, 0.1) is 0 Å². The number of H-pyrrole nitrogens is 1. The van der Waals surface area contributed by atoms with E-state index in [1.807, 2.05) is 24.3 Å². The average Bonchev–Trinajstić information content (AvgIpc) is 2.45. The van der Waals surface area contributed by atoms with Gasteiger partial charge in [0.2, 0.25) is 5.56 Å². The first-order chi connectivity index (χ1) is 9.56. The summed E-state index contributed by atoms with van der Waals surface area (Å²) in [6.07, 6.45) is 1.44. The fraction of sp³-hybridized carbons (Fsp3) is 0.0714. The number of carbonyl (C=O) groups excluding carboxylic acids is 1. The number of rotatable bonds is 4. The van der Waals surface area contributed by atoms with E-state index in [-0.39, 0.29) is 11.5 Å². The molecule has 0 fully saturated rings. The monoisotopic (exact) mass is 287 g/mol. The fourth-order valence-corrected chi connectivity index (χ4v) is 1.83. The van der Waals surface area contributed by atoms with Gasteiger partial charge in [0.1, 0.15) is 4.99 Å². The maximum absolute atomic E-state index is 11.9. The van der Waals surface area contributed by atoms with Crippen molar-refractivity contribution < 1.29 is 4.79 Å². The summed E-state index contributed by atoms with van der Waals surface area (Å²) in [6.45, 7) is 0.335. The highest BCUT2D eigenvalue weighted by Gasteiger charge is 2.06. The molecule has 0 bridgehead atoms. The summed E-state index contributed by atoms with van der Waals surface area (Å²) in [5, 5.41) is 2.73. The number of benzene rings is 1. The molecule has 0 unspecified atom stereocenters. The van der Waals surface area contributed by atoms with E-state index in [4.69, 9.17) is 18.0 Å². The number of aromatic amines is 1. The Balaban J connectivity index is 2.05. The Bertz CT molecular complexity index is 709. The first-order valence-electron chi connectivity index (χ1n) is 5.92. The predicted octanol–water partition coefficient (Wildman–Crippen LogP) is 0.939. The van der Waals surface area contributed by atoms with Crippen LogP contribution in [0.5, 0.6) is 0 Å². The van der Waals surface area contributed by atoms with Crippen molar-refractivity contribution in [2.24, 2.45) is 5.73 Å². The molecule has 0 saturated heterocycles. The number of nitrogens with one attached hydrogen (secondary N) is 2. The third-order valence-electron chi connectivity index (χ3n) is 2.70. The standard InChI is InChI=1S/C14H13N3O2S/c15-13(20)10-3-1-2-9(6-10)8-17-14(19)11-4-5-16-12(18)7-11/h1-7H,8H2,(H2,15,20)(H,16,18)(H,17,19). The lowest BCUT2D eigenvalue weighted by Crippen LogP contribution is -2.24. The summed E-state index contributed by atoms with van der Waals surface area (Å²) in [6, 6.07) is 10.1. The molecule has 0 aliphatic carbocycles. The van der Waals surface area contributed by atoms with Crippen LogP contribution in [0.4, 0.5) is 0 Å². The van der Waals surface area contributed by atoms with Gasteiger partial charge in [0.05, 0.1) is 0 Å². The third kappa shape index (κ3) is 3.52. The molecule has 0 atom stereocenters. The van der Waals surface area contributed by atoms with Crippen LogP contribution in [0.2, 0.25) is 0 Å². The zero-order chi connectivity index (χ0) is 14.5. The quantitative estimate of drug-likeness (QED) is 0.730. The Kier molecular flexibility index (Phi) is 4.27. The van der Waals surface area contributed by atoms with E-state index < -0.39 is 0 Å². The molecule has 1 aromatic carbocycles. The second-order valence-electron chi connectivity index (χ2n) is 4.19. The van der Waals surface area contributed by atoms with Gasteiger partial charge in [-0.1, -0.05) is 30.4 Å². The van der Waals surface area contributed by atoms with Gasteiger partial charge in [-0.25, -0.2) is 0 Å². The van der Waals surface area contributed by atoms with E-state index in [1.165, 1.54) is 12.3 Å². The van der Waals surface area contributed by atoms with Crippen LogP contribution in [-0.4, -0.2) is 15.9 Å². The maximum atomic E-state index is 11.9. The lowest BCUT2D eigenvalue weighted by molar-refractivity contribution is 0.0950. The number of nitrogens with two attached hydrogens (primary N) is 1. The van der Waals surface area contributed by atoms with Gasteiger partial charge < -0.3 is 16.0 Å². The van der Waals surface area contributed by atoms with Crippen LogP contribution in [0.3, 0.4) is 0 Å². The number of pyridine rings is 1. The molecule has 0 saturated carbocycles. The highest BCUT2D eigenvalue weighted by molar-refractivity contribution is 7.80. The van der Waals surface area contributed by atoms with Gasteiger partial charge in [0.15, 0.2) is 0 Å². The third-order valence-corrected chi connectivity index (χ3v) is 2.94. The summed E-state index contributed by atoms with van der Waals surface area (Å²) in [5.74, 6) is -0.308. The Morgan fingerprint density at radius 3 is 2.75 bits per heavy atom. The molecule has 0 aliphatic rings. The Morgan fingerprint density at radius 1 is 1.25 bits per heavy atom. The van der Waals surface area contributed by atoms with Gasteiger partial charge in [-0.3, -0.25) is 9.59 Å². The van der Waals surface area contributed by atoms with Gasteiger partial charge in [-0.2, -0.15) is 0 Å². The van der Waals surface area contributed by atoms with Crippen molar-refractivity contribution in [3.63, 3.8) is 0 Å². The van der Waals surface area contributed by atoms with Crippen molar-refractivity contribution in [2.75, 3.05) is 0 Å². The van der Waals surface area contributed by atoms with E-state index in [1.54, 1.807) is 6.07 Å². The topological polar surface area (TPSA) is 88.0 Å². The van der Waals surface area contributed by atoms with E-state index in [9.17, 15) is 9.59 Å². The predicted molar refractivity (Wildman–Crippen MR) is 80.6 cm³/mol. The van der Waals surface area contributed by atoms with Crippen LogP contribution in [0.15, 0.2) is 47.4 Å². The summed E-state index contributed by atoms with van der Waals surface area (Å²) >= 11 is 4.90. The zero-order valence-electron chi connectivity index (χ0n) is 10.6. The molecule has 102 valence electrons. The molecule has 2 rings (SSSR count). The maximum Gasteiger partial charge on any atom is 0.251 e. The first kappa shape index (κ1) is 14.0. The largest absolute Gasteiger partial charge is 0.389 e. The van der Waals surface area contributed by atoms with Crippen LogP contribution in [-0.2, 0) is 6.54 Å². The van der Waals surface area contributed by atoms with Crippen molar-refractivity contribution in [2.45, 2.75) is 6.54 Å². The molecule has 0 aliphatic heterocycles. The van der Waals surface area contributed by atoms with Gasteiger partial charge >= 0.3 is 0 Å². The van der Waals surface area contributed by atoms with Crippen LogP contribution in [0.1, 0.15) is 21.5 Å². The summed E-state index contributed by atoms with van der Waals surface area (Å²) in [5.41, 5.74) is 7.19. The highest BCUT2D eigenvalue weighted by Crippen LogP contribution is 2.05. The van der Waals surface area contributed by atoms with Gasteiger partial charge in [-0.15, -0.1) is 0 Å². The van der Waals surface area contributed by atoms with E-state index in [2.05, 4.69) is 10.3 Å². The molecule has 6 heteroatoms. The minimum atomic E-state index is -0.312. The second-order valence-corrected chi connectivity index (χ2v) is 4.63. The Labute approximate surface area is 120 Å². The van der Waals surface area contributed by atoms with E-state index in [0.29, 0.717) is 17.1 Å². The number of aromatic nitrogens is 1. The first-order valence-corrected chi connectivity index (χ1v) is 6.33. The number of carbonyl (C=O) groups is 1. The summed E-state index contributed by atoms with van der Waals surface area (Å²) in [7, 11) is 0. The molecule has 1 amide bonds. The van der Waals surface area contributed by atoms with Crippen molar-refractivity contribution in [3.05, 3.63) is 69.6 Å². The molecular weight excluding hydrogens is 274 g/mol. The van der Waals surface area contributed by atoms with Crippen LogP contribution in [0.25, 0.3) is 0 Å². The normalized spacial score (nSPS) is 10.0. The minimum absolute atomic E-state index is 0.308. The molecule has 4 N–H and O–H groups in total. The minimum Gasteiger partial charge on any atom is -0.389 e. The Morgan fingerprint density at radius 2 is 2.05 bits per heavy atom. The van der Waals surface area contributed by atoms with Crippen LogP contribution >= 0.6 is 12.2 Å². The number of hydrogen-bond donors (Lipinski definition) is 3. The highest BCUT2D eigenvalue weighted by atomic mass is 32.1. The summed E-state index contributed by atoms with van der Waals surface area (Å²) < 4.78 is 0. The van der Waals surface area contributed by atoms with Crippen molar-refractivity contribution in [1.82, 2.24) is 10.3 Å². The van der Waals surface area contributed by atoms with Gasteiger partial charge in [0.25, 0.3) is 5.91 Å².